The number of hydrogen-bond acceptors (Lipinski definition) is 1. The van der Waals surface area contributed by atoms with E-state index in [2.05, 4.69) is 0 Å². The maximum atomic E-state index is 11.9. The normalized spacial score (nSPS) is 10.9. The van der Waals surface area contributed by atoms with Gasteiger partial charge in [0.2, 0.25) is 0 Å². The minimum atomic E-state index is -1.08. The molecule has 0 aliphatic carbocycles. The van der Waals surface area contributed by atoms with Crippen molar-refractivity contribution in [2.24, 2.45) is 0 Å². The fourth-order valence-corrected chi connectivity index (χ4v) is 2.14. The molecule has 18 heavy (non-hydrogen) atoms. The smallest absolute Gasteiger partial charge is 0.335 e. The van der Waals surface area contributed by atoms with E-state index in [4.69, 9.17) is 5.11 Å². The van der Waals surface area contributed by atoms with Gasteiger partial charge in [0.05, 0.1) is 5.56 Å². The third kappa shape index (κ3) is 1.57. The standard InChI is InChI=1S/C15H9O3/c16-14-8-12(15(17)18)6-11-5-9-3-1-2-4-10(9)7-13(11)14/h1-8H,(H,17,18). The Morgan fingerprint density at radius 1 is 0.889 bits per heavy atom. The van der Waals surface area contributed by atoms with Gasteiger partial charge in [-0.25, -0.2) is 4.79 Å². The van der Waals surface area contributed by atoms with Crippen molar-refractivity contribution in [3.05, 3.63) is 54.1 Å². The fourth-order valence-electron chi connectivity index (χ4n) is 2.14. The monoisotopic (exact) mass is 237 g/mol. The van der Waals surface area contributed by atoms with Crippen LogP contribution in [0, 0.1) is 0 Å². The highest BCUT2D eigenvalue weighted by Crippen LogP contribution is 2.31. The van der Waals surface area contributed by atoms with E-state index in [0.29, 0.717) is 10.8 Å². The Bertz CT molecular complexity index is 775. The lowest BCUT2D eigenvalue weighted by atomic mass is 10.0. The van der Waals surface area contributed by atoms with Crippen LogP contribution < -0.4 is 0 Å². The van der Waals surface area contributed by atoms with E-state index < -0.39 is 5.97 Å². The zero-order valence-electron chi connectivity index (χ0n) is 9.38. The quantitative estimate of drug-likeness (QED) is 0.654. The van der Waals surface area contributed by atoms with Gasteiger partial charge < -0.3 is 5.11 Å². The molecule has 0 spiro atoms. The first-order valence-electron chi connectivity index (χ1n) is 5.52. The molecular weight excluding hydrogens is 228 g/mol. The SMILES string of the molecule is [O]c1cc(C(=O)O)cc2cc3ccccc3cc12. The number of carbonyl (C=O) groups is 1. The van der Waals surface area contributed by atoms with Crippen molar-refractivity contribution in [2.75, 3.05) is 0 Å². The lowest BCUT2D eigenvalue weighted by molar-refractivity contribution is 0.0696. The number of aromatic carboxylic acids is 1. The van der Waals surface area contributed by atoms with Gasteiger partial charge in [0, 0.05) is 11.5 Å². The molecule has 0 bridgehead atoms. The van der Waals surface area contributed by atoms with Crippen LogP contribution in [0.15, 0.2) is 48.5 Å². The Morgan fingerprint density at radius 3 is 2.22 bits per heavy atom. The maximum Gasteiger partial charge on any atom is 0.335 e. The molecular formula is C15H9O3. The summed E-state index contributed by atoms with van der Waals surface area (Å²) in [6, 6.07) is 14.0. The summed E-state index contributed by atoms with van der Waals surface area (Å²) in [5.41, 5.74) is 0.0304. The van der Waals surface area contributed by atoms with Crippen LogP contribution in [0.4, 0.5) is 0 Å². The van der Waals surface area contributed by atoms with Gasteiger partial charge in [0.1, 0.15) is 0 Å². The van der Waals surface area contributed by atoms with Crippen LogP contribution >= 0.6 is 0 Å². The number of carboxylic acids is 1. The summed E-state index contributed by atoms with van der Waals surface area (Å²) < 4.78 is 0. The van der Waals surface area contributed by atoms with Crippen LogP contribution in [0.5, 0.6) is 5.75 Å². The molecule has 3 heteroatoms. The van der Waals surface area contributed by atoms with Crippen molar-refractivity contribution in [2.45, 2.75) is 0 Å². The van der Waals surface area contributed by atoms with Crippen LogP contribution in [0.2, 0.25) is 0 Å². The second-order valence-electron chi connectivity index (χ2n) is 4.20. The topological polar surface area (TPSA) is 57.2 Å². The predicted octanol–water partition coefficient (Wildman–Crippen LogP) is 3.84. The van der Waals surface area contributed by atoms with Crippen molar-refractivity contribution >= 4 is 27.5 Å². The summed E-state index contributed by atoms with van der Waals surface area (Å²) in [7, 11) is 0. The molecule has 0 aliphatic heterocycles. The molecule has 0 aromatic heterocycles. The van der Waals surface area contributed by atoms with Gasteiger partial charge in [0.25, 0.3) is 0 Å². The fraction of sp³-hybridized carbons (Fsp3) is 0. The predicted molar refractivity (Wildman–Crippen MR) is 68.5 cm³/mol. The summed E-state index contributed by atoms with van der Waals surface area (Å²) >= 11 is 0. The molecule has 0 atom stereocenters. The molecule has 3 nitrogen and oxygen atoms in total. The molecule has 1 N–H and O–H groups in total. The molecule has 3 rings (SSSR count). The Labute approximate surface area is 103 Å². The van der Waals surface area contributed by atoms with E-state index in [9.17, 15) is 9.90 Å². The summed E-state index contributed by atoms with van der Waals surface area (Å²) in [4.78, 5) is 10.9. The molecule has 3 aromatic rings. The molecule has 1 radical (unpaired) electrons. The van der Waals surface area contributed by atoms with E-state index in [1.807, 2.05) is 30.3 Å². The zero-order valence-corrected chi connectivity index (χ0v) is 9.38. The first-order valence-corrected chi connectivity index (χ1v) is 5.52. The Kier molecular flexibility index (Phi) is 2.20. The van der Waals surface area contributed by atoms with Gasteiger partial charge >= 0.3 is 5.97 Å². The summed E-state index contributed by atoms with van der Waals surface area (Å²) in [5.74, 6) is -1.34. The largest absolute Gasteiger partial charge is 0.478 e. The molecule has 0 heterocycles. The van der Waals surface area contributed by atoms with Crippen molar-refractivity contribution in [3.63, 3.8) is 0 Å². The molecule has 0 saturated heterocycles. The highest BCUT2D eigenvalue weighted by atomic mass is 16.4. The number of carboxylic acid groups (broad SMARTS) is 1. The second-order valence-corrected chi connectivity index (χ2v) is 4.20. The van der Waals surface area contributed by atoms with E-state index in [-0.39, 0.29) is 11.3 Å². The van der Waals surface area contributed by atoms with Crippen LogP contribution in [0.3, 0.4) is 0 Å². The molecule has 0 fully saturated rings. The van der Waals surface area contributed by atoms with Gasteiger partial charge in [-0.3, -0.25) is 5.11 Å². The number of hydrogen-bond donors (Lipinski definition) is 1. The summed E-state index contributed by atoms with van der Waals surface area (Å²) in [6.07, 6.45) is 0. The van der Waals surface area contributed by atoms with E-state index >= 15 is 0 Å². The van der Waals surface area contributed by atoms with Crippen LogP contribution in [0.1, 0.15) is 10.4 Å². The Balaban J connectivity index is 2.42. The van der Waals surface area contributed by atoms with E-state index in [1.54, 1.807) is 6.07 Å². The van der Waals surface area contributed by atoms with Crippen molar-refractivity contribution in [3.8, 4) is 5.75 Å². The lowest BCUT2D eigenvalue weighted by Gasteiger charge is -2.04. The van der Waals surface area contributed by atoms with E-state index in [1.165, 1.54) is 12.1 Å². The number of fused-ring (bicyclic) bond motifs is 2. The minimum Gasteiger partial charge on any atom is -0.478 e. The highest BCUT2D eigenvalue weighted by molar-refractivity contribution is 6.04. The average molecular weight is 237 g/mol. The molecule has 3 aromatic carbocycles. The molecule has 0 amide bonds. The molecule has 0 unspecified atom stereocenters. The first kappa shape index (κ1) is 10.6. The van der Waals surface area contributed by atoms with Gasteiger partial charge in [0.15, 0.2) is 5.75 Å². The second kappa shape index (κ2) is 3.74. The molecule has 0 saturated carbocycles. The minimum absolute atomic E-state index is 0.0304. The summed E-state index contributed by atoms with van der Waals surface area (Å²) in [6.45, 7) is 0. The van der Waals surface area contributed by atoms with E-state index in [0.717, 1.165) is 10.8 Å². The van der Waals surface area contributed by atoms with Crippen molar-refractivity contribution < 1.29 is 15.0 Å². The lowest BCUT2D eigenvalue weighted by Crippen LogP contribution is -1.95. The van der Waals surface area contributed by atoms with Gasteiger partial charge in [-0.15, -0.1) is 0 Å². The van der Waals surface area contributed by atoms with Crippen LogP contribution in [-0.4, -0.2) is 11.1 Å². The van der Waals surface area contributed by atoms with Crippen LogP contribution in [-0.2, 0) is 5.11 Å². The van der Waals surface area contributed by atoms with Gasteiger partial charge in [-0.1, -0.05) is 24.3 Å². The Morgan fingerprint density at radius 2 is 1.56 bits per heavy atom. The van der Waals surface area contributed by atoms with Gasteiger partial charge in [-0.05, 0) is 34.4 Å². The van der Waals surface area contributed by atoms with Crippen LogP contribution in [0.25, 0.3) is 21.5 Å². The van der Waals surface area contributed by atoms with Crippen molar-refractivity contribution in [1.82, 2.24) is 0 Å². The van der Waals surface area contributed by atoms with Crippen molar-refractivity contribution in [1.29, 1.82) is 0 Å². The molecule has 87 valence electrons. The Hall–Kier alpha value is -2.55. The first-order chi connectivity index (χ1) is 8.65. The maximum absolute atomic E-state index is 11.9. The number of rotatable bonds is 1. The average Bonchev–Trinajstić information content (AvgIpc) is 2.36. The highest BCUT2D eigenvalue weighted by Gasteiger charge is 2.10. The number of benzene rings is 3. The zero-order chi connectivity index (χ0) is 12.7. The third-order valence-corrected chi connectivity index (χ3v) is 3.03. The van der Waals surface area contributed by atoms with Gasteiger partial charge in [-0.2, -0.15) is 0 Å². The summed E-state index contributed by atoms with van der Waals surface area (Å²) in [5, 5.41) is 24.0. The molecule has 0 aliphatic rings. The third-order valence-electron chi connectivity index (χ3n) is 3.03.